The van der Waals surface area contributed by atoms with Gasteiger partial charge in [0.1, 0.15) is 0 Å². The Bertz CT molecular complexity index is 485. The Balaban J connectivity index is 1.88. The van der Waals surface area contributed by atoms with Crippen LogP contribution in [0.4, 0.5) is 5.69 Å². The first-order valence-corrected chi connectivity index (χ1v) is 6.65. The molecule has 0 amide bonds. The lowest BCUT2D eigenvalue weighted by Gasteiger charge is -2.07. The largest absolute Gasteiger partial charge is 0.385 e. The maximum absolute atomic E-state index is 6.02. The summed E-state index contributed by atoms with van der Waals surface area (Å²) in [5.41, 5.74) is 2.39. The Morgan fingerprint density at radius 2 is 1.82 bits per heavy atom. The van der Waals surface area contributed by atoms with Gasteiger partial charge in [-0.05, 0) is 46.1 Å². The Kier molecular flexibility index (Phi) is 4.46. The van der Waals surface area contributed by atoms with Crippen LogP contribution >= 0.6 is 27.5 Å². The van der Waals surface area contributed by atoms with Crippen molar-refractivity contribution in [2.45, 2.75) is 6.42 Å². The fraction of sp³-hybridized carbons (Fsp3) is 0.143. The molecule has 1 N–H and O–H groups in total. The molecule has 88 valence electrons. The van der Waals surface area contributed by atoms with E-state index in [9.17, 15) is 0 Å². The third-order valence-electron chi connectivity index (χ3n) is 2.51. The van der Waals surface area contributed by atoms with Crippen molar-refractivity contribution in [3.05, 3.63) is 63.6 Å². The smallest absolute Gasteiger partial charge is 0.0568 e. The number of nitrogens with one attached hydrogen (secondary N) is 1. The molecule has 0 bridgehead atoms. The van der Waals surface area contributed by atoms with E-state index in [1.54, 1.807) is 0 Å². The first-order valence-electron chi connectivity index (χ1n) is 5.48. The Morgan fingerprint density at radius 3 is 2.53 bits per heavy atom. The van der Waals surface area contributed by atoms with Crippen LogP contribution in [0.5, 0.6) is 0 Å². The summed E-state index contributed by atoms with van der Waals surface area (Å²) in [7, 11) is 0. The van der Waals surface area contributed by atoms with E-state index in [0.29, 0.717) is 0 Å². The van der Waals surface area contributed by atoms with Gasteiger partial charge in [0.15, 0.2) is 0 Å². The predicted octanol–water partition coefficient (Wildman–Crippen LogP) is 4.76. The third-order valence-corrected chi connectivity index (χ3v) is 3.74. The second kappa shape index (κ2) is 6.08. The molecule has 0 aliphatic rings. The lowest BCUT2D eigenvalue weighted by molar-refractivity contribution is 1.02. The van der Waals surface area contributed by atoms with Gasteiger partial charge in [0, 0.05) is 16.7 Å². The van der Waals surface area contributed by atoms with Gasteiger partial charge in [-0.3, -0.25) is 0 Å². The maximum Gasteiger partial charge on any atom is 0.0568 e. The van der Waals surface area contributed by atoms with E-state index in [1.807, 2.05) is 24.3 Å². The van der Waals surface area contributed by atoms with Crippen molar-refractivity contribution < 1.29 is 0 Å². The van der Waals surface area contributed by atoms with Crippen molar-refractivity contribution in [1.82, 2.24) is 0 Å². The highest BCUT2D eigenvalue weighted by Crippen LogP contribution is 2.25. The van der Waals surface area contributed by atoms with Crippen LogP contribution in [0.1, 0.15) is 5.56 Å². The molecule has 0 heterocycles. The van der Waals surface area contributed by atoms with E-state index < -0.39 is 0 Å². The molecule has 0 saturated heterocycles. The zero-order valence-electron chi connectivity index (χ0n) is 9.29. The van der Waals surface area contributed by atoms with E-state index in [1.165, 1.54) is 5.56 Å². The van der Waals surface area contributed by atoms with Crippen LogP contribution in [0.25, 0.3) is 0 Å². The van der Waals surface area contributed by atoms with Crippen LogP contribution in [0.3, 0.4) is 0 Å². The van der Waals surface area contributed by atoms with Crippen LogP contribution in [0.15, 0.2) is 53.0 Å². The van der Waals surface area contributed by atoms with Crippen molar-refractivity contribution in [2.75, 3.05) is 11.9 Å². The summed E-state index contributed by atoms with van der Waals surface area (Å²) in [5, 5.41) is 4.09. The van der Waals surface area contributed by atoms with Gasteiger partial charge in [-0.25, -0.2) is 0 Å². The van der Waals surface area contributed by atoms with Gasteiger partial charge < -0.3 is 5.32 Å². The fourth-order valence-corrected chi connectivity index (χ4v) is 2.03. The normalized spacial score (nSPS) is 10.2. The minimum absolute atomic E-state index is 0.731. The lowest BCUT2D eigenvalue weighted by atomic mass is 10.1. The van der Waals surface area contributed by atoms with Gasteiger partial charge in [0.05, 0.1) is 5.02 Å². The predicted molar refractivity (Wildman–Crippen MR) is 77.8 cm³/mol. The highest BCUT2D eigenvalue weighted by molar-refractivity contribution is 9.10. The number of hydrogen-bond donors (Lipinski definition) is 1. The van der Waals surface area contributed by atoms with Gasteiger partial charge >= 0.3 is 0 Å². The summed E-state index contributed by atoms with van der Waals surface area (Å²) in [6.07, 6.45) is 1.01. The molecular weight excluding hydrogens is 298 g/mol. The molecule has 0 radical (unpaired) electrons. The standard InChI is InChI=1S/C14H13BrClN/c15-13-7-6-12(10-14(13)16)17-9-8-11-4-2-1-3-5-11/h1-7,10,17H,8-9H2. The SMILES string of the molecule is Clc1cc(NCCc2ccccc2)ccc1Br. The molecule has 0 saturated carbocycles. The van der Waals surface area contributed by atoms with Crippen LogP contribution in [-0.4, -0.2) is 6.54 Å². The third kappa shape index (κ3) is 3.76. The van der Waals surface area contributed by atoms with Gasteiger partial charge in [-0.1, -0.05) is 41.9 Å². The van der Waals surface area contributed by atoms with Crippen molar-refractivity contribution in [1.29, 1.82) is 0 Å². The van der Waals surface area contributed by atoms with Crippen molar-refractivity contribution in [3.8, 4) is 0 Å². The summed E-state index contributed by atoms with van der Waals surface area (Å²) in [4.78, 5) is 0. The molecule has 3 heteroatoms. The van der Waals surface area contributed by atoms with Gasteiger partial charge in [0.25, 0.3) is 0 Å². The van der Waals surface area contributed by atoms with Crippen LogP contribution < -0.4 is 5.32 Å². The fourth-order valence-electron chi connectivity index (χ4n) is 1.60. The Morgan fingerprint density at radius 1 is 1.06 bits per heavy atom. The maximum atomic E-state index is 6.02. The summed E-state index contributed by atoms with van der Waals surface area (Å²) >= 11 is 9.40. The molecule has 0 aliphatic heterocycles. The first kappa shape index (κ1) is 12.5. The molecular formula is C14H13BrClN. The monoisotopic (exact) mass is 309 g/mol. The molecule has 0 atom stereocenters. The lowest BCUT2D eigenvalue weighted by Crippen LogP contribution is -2.04. The van der Waals surface area contributed by atoms with E-state index in [0.717, 1.165) is 28.1 Å². The minimum atomic E-state index is 0.731. The van der Waals surface area contributed by atoms with Crippen LogP contribution in [-0.2, 0) is 6.42 Å². The zero-order valence-corrected chi connectivity index (χ0v) is 11.6. The summed E-state index contributed by atoms with van der Waals surface area (Å²) < 4.78 is 0.924. The van der Waals surface area contributed by atoms with E-state index >= 15 is 0 Å². The Labute approximate surface area is 115 Å². The molecule has 0 spiro atoms. The van der Waals surface area contributed by atoms with Gasteiger partial charge in [-0.15, -0.1) is 0 Å². The molecule has 0 aromatic heterocycles. The second-order valence-corrected chi connectivity index (χ2v) is 5.05. The number of hydrogen-bond acceptors (Lipinski definition) is 1. The molecule has 17 heavy (non-hydrogen) atoms. The molecule has 2 rings (SSSR count). The highest BCUT2D eigenvalue weighted by atomic mass is 79.9. The number of anilines is 1. The number of benzene rings is 2. The Hall–Kier alpha value is -0.990. The van der Waals surface area contributed by atoms with Gasteiger partial charge in [0.2, 0.25) is 0 Å². The van der Waals surface area contributed by atoms with Gasteiger partial charge in [-0.2, -0.15) is 0 Å². The molecule has 0 fully saturated rings. The number of rotatable bonds is 4. The summed E-state index contributed by atoms with van der Waals surface area (Å²) in [5.74, 6) is 0. The van der Waals surface area contributed by atoms with Crippen molar-refractivity contribution in [3.63, 3.8) is 0 Å². The zero-order chi connectivity index (χ0) is 12.1. The summed E-state index contributed by atoms with van der Waals surface area (Å²) in [6.45, 7) is 0.905. The molecule has 0 unspecified atom stereocenters. The van der Waals surface area contributed by atoms with E-state index in [4.69, 9.17) is 11.6 Å². The number of halogens is 2. The van der Waals surface area contributed by atoms with Crippen LogP contribution in [0.2, 0.25) is 5.02 Å². The molecule has 2 aromatic carbocycles. The molecule has 2 aromatic rings. The minimum Gasteiger partial charge on any atom is -0.385 e. The topological polar surface area (TPSA) is 12.0 Å². The van der Waals surface area contributed by atoms with Crippen molar-refractivity contribution >= 4 is 33.2 Å². The highest BCUT2D eigenvalue weighted by Gasteiger charge is 1.98. The molecule has 1 nitrogen and oxygen atoms in total. The average molecular weight is 311 g/mol. The average Bonchev–Trinajstić information content (AvgIpc) is 2.35. The van der Waals surface area contributed by atoms with Crippen LogP contribution in [0, 0.1) is 0 Å². The van der Waals surface area contributed by atoms with E-state index in [2.05, 4.69) is 45.5 Å². The first-order chi connectivity index (χ1) is 8.25. The summed E-state index contributed by atoms with van der Waals surface area (Å²) in [6, 6.07) is 16.3. The van der Waals surface area contributed by atoms with E-state index in [-0.39, 0.29) is 0 Å². The van der Waals surface area contributed by atoms with Crippen molar-refractivity contribution in [2.24, 2.45) is 0 Å². The molecule has 0 aliphatic carbocycles. The second-order valence-electron chi connectivity index (χ2n) is 3.79. The quantitative estimate of drug-likeness (QED) is 0.858.